The van der Waals surface area contributed by atoms with E-state index in [1.807, 2.05) is 35.2 Å². The first-order valence-corrected chi connectivity index (χ1v) is 10.7. The average molecular weight is 414 g/mol. The summed E-state index contributed by atoms with van der Waals surface area (Å²) in [5, 5.41) is 6.25. The van der Waals surface area contributed by atoms with E-state index in [0.717, 1.165) is 31.4 Å². The van der Waals surface area contributed by atoms with Gasteiger partial charge in [0.25, 0.3) is 0 Å². The fourth-order valence-corrected chi connectivity index (χ4v) is 3.82. The van der Waals surface area contributed by atoms with E-state index < -0.39 is 0 Å². The molecule has 0 radical (unpaired) electrons. The van der Waals surface area contributed by atoms with Crippen LogP contribution in [0.4, 0.5) is 16.2 Å². The third-order valence-electron chi connectivity index (χ3n) is 5.23. The molecular formula is C23H28ClN3O2. The van der Waals surface area contributed by atoms with Gasteiger partial charge in [-0.1, -0.05) is 49.1 Å². The van der Waals surface area contributed by atoms with Crippen molar-refractivity contribution >= 4 is 34.9 Å². The highest BCUT2D eigenvalue weighted by molar-refractivity contribution is 6.30. The standard InChI is InChI=1S/C23H28ClN3O2/c24-19-12-14-20(15-13-19)26-23(29)25-16-7-17-27(21-10-5-2-6-11-21)22(28)18-8-3-1-4-9-18/h2,5-6,10-15,18H,1,3-4,7-9,16-17H2,(H2,25,26,29). The van der Waals surface area contributed by atoms with Gasteiger partial charge in [0.15, 0.2) is 0 Å². The van der Waals surface area contributed by atoms with Gasteiger partial charge in [0.2, 0.25) is 5.91 Å². The molecule has 0 saturated heterocycles. The summed E-state index contributed by atoms with van der Waals surface area (Å²) in [4.78, 5) is 27.1. The van der Waals surface area contributed by atoms with Gasteiger partial charge in [0, 0.05) is 35.4 Å². The molecule has 2 N–H and O–H groups in total. The monoisotopic (exact) mass is 413 g/mol. The van der Waals surface area contributed by atoms with Gasteiger partial charge in [-0.15, -0.1) is 0 Å². The van der Waals surface area contributed by atoms with Gasteiger partial charge in [-0.2, -0.15) is 0 Å². The van der Waals surface area contributed by atoms with Crippen molar-refractivity contribution in [1.29, 1.82) is 0 Å². The van der Waals surface area contributed by atoms with Gasteiger partial charge in [-0.3, -0.25) is 4.79 Å². The second-order valence-corrected chi connectivity index (χ2v) is 7.84. The number of anilines is 2. The number of hydrogen-bond acceptors (Lipinski definition) is 2. The number of para-hydroxylation sites is 1. The highest BCUT2D eigenvalue weighted by Crippen LogP contribution is 2.27. The summed E-state index contributed by atoms with van der Waals surface area (Å²) in [6.07, 6.45) is 6.12. The highest BCUT2D eigenvalue weighted by Gasteiger charge is 2.26. The minimum atomic E-state index is -0.266. The summed E-state index contributed by atoms with van der Waals surface area (Å²) < 4.78 is 0. The molecule has 0 bridgehead atoms. The molecule has 1 fully saturated rings. The number of carbonyl (C=O) groups excluding carboxylic acids is 2. The molecule has 0 spiro atoms. The number of halogens is 1. The fourth-order valence-electron chi connectivity index (χ4n) is 3.69. The molecule has 0 aromatic heterocycles. The maximum absolute atomic E-state index is 13.1. The van der Waals surface area contributed by atoms with Crippen molar-refractivity contribution < 1.29 is 9.59 Å². The van der Waals surface area contributed by atoms with Crippen LogP contribution in [0.5, 0.6) is 0 Å². The second kappa shape index (κ2) is 10.9. The Balaban J connectivity index is 1.51. The van der Waals surface area contributed by atoms with Crippen LogP contribution >= 0.6 is 11.6 Å². The number of nitrogens with one attached hydrogen (secondary N) is 2. The number of hydrogen-bond donors (Lipinski definition) is 2. The predicted octanol–water partition coefficient (Wildman–Crippen LogP) is 5.47. The van der Waals surface area contributed by atoms with Crippen LogP contribution in [0.1, 0.15) is 38.5 Å². The van der Waals surface area contributed by atoms with Crippen molar-refractivity contribution in [1.82, 2.24) is 5.32 Å². The first kappa shape index (κ1) is 21.2. The van der Waals surface area contributed by atoms with E-state index in [-0.39, 0.29) is 17.9 Å². The molecule has 0 unspecified atom stereocenters. The summed E-state index contributed by atoms with van der Waals surface area (Å²) in [5.74, 6) is 0.326. The number of nitrogens with zero attached hydrogens (tertiary/aromatic N) is 1. The minimum Gasteiger partial charge on any atom is -0.338 e. The maximum atomic E-state index is 13.1. The number of benzene rings is 2. The van der Waals surface area contributed by atoms with Crippen molar-refractivity contribution in [2.75, 3.05) is 23.3 Å². The molecule has 154 valence electrons. The van der Waals surface area contributed by atoms with Gasteiger partial charge in [-0.05, 0) is 55.7 Å². The van der Waals surface area contributed by atoms with Crippen molar-refractivity contribution in [3.8, 4) is 0 Å². The lowest BCUT2D eigenvalue weighted by Gasteiger charge is -2.29. The Labute approximate surface area is 177 Å². The number of rotatable bonds is 7. The molecule has 6 heteroatoms. The van der Waals surface area contributed by atoms with Crippen LogP contribution in [0.2, 0.25) is 5.02 Å². The van der Waals surface area contributed by atoms with Crippen molar-refractivity contribution in [2.24, 2.45) is 5.92 Å². The lowest BCUT2D eigenvalue weighted by Crippen LogP contribution is -2.39. The van der Waals surface area contributed by atoms with Gasteiger partial charge < -0.3 is 15.5 Å². The van der Waals surface area contributed by atoms with E-state index >= 15 is 0 Å². The van der Waals surface area contributed by atoms with Crippen LogP contribution in [-0.2, 0) is 4.79 Å². The molecule has 5 nitrogen and oxygen atoms in total. The van der Waals surface area contributed by atoms with Gasteiger partial charge in [-0.25, -0.2) is 4.79 Å². The zero-order valence-corrected chi connectivity index (χ0v) is 17.3. The number of urea groups is 1. The molecule has 3 rings (SSSR count). The summed E-state index contributed by atoms with van der Waals surface area (Å²) in [7, 11) is 0. The van der Waals surface area contributed by atoms with Crippen LogP contribution in [0.25, 0.3) is 0 Å². The quantitative estimate of drug-likeness (QED) is 0.591. The third kappa shape index (κ3) is 6.50. The highest BCUT2D eigenvalue weighted by atomic mass is 35.5. The Hall–Kier alpha value is -2.53. The lowest BCUT2D eigenvalue weighted by atomic mass is 9.88. The van der Waals surface area contributed by atoms with Crippen molar-refractivity contribution in [3.05, 3.63) is 59.6 Å². The van der Waals surface area contributed by atoms with E-state index in [4.69, 9.17) is 11.6 Å². The predicted molar refractivity (Wildman–Crippen MR) is 118 cm³/mol. The van der Waals surface area contributed by atoms with Crippen molar-refractivity contribution in [3.63, 3.8) is 0 Å². The Morgan fingerprint density at radius 3 is 2.34 bits per heavy atom. The molecule has 2 aromatic carbocycles. The van der Waals surface area contributed by atoms with Crippen LogP contribution in [0, 0.1) is 5.92 Å². The maximum Gasteiger partial charge on any atom is 0.319 e. The van der Waals surface area contributed by atoms with Gasteiger partial charge in [0.05, 0.1) is 0 Å². The Morgan fingerprint density at radius 1 is 0.966 bits per heavy atom. The molecule has 29 heavy (non-hydrogen) atoms. The summed E-state index contributed by atoms with van der Waals surface area (Å²) in [6.45, 7) is 1.07. The molecule has 0 aliphatic heterocycles. The molecule has 0 atom stereocenters. The molecule has 1 aliphatic carbocycles. The van der Waals surface area contributed by atoms with E-state index in [1.165, 1.54) is 6.42 Å². The third-order valence-corrected chi connectivity index (χ3v) is 5.49. The topological polar surface area (TPSA) is 61.4 Å². The smallest absolute Gasteiger partial charge is 0.319 e. The largest absolute Gasteiger partial charge is 0.338 e. The average Bonchev–Trinajstić information content (AvgIpc) is 2.76. The first-order valence-electron chi connectivity index (χ1n) is 10.3. The Morgan fingerprint density at radius 2 is 1.66 bits per heavy atom. The molecule has 3 amide bonds. The zero-order valence-electron chi connectivity index (χ0n) is 16.6. The normalized spacial score (nSPS) is 14.2. The van der Waals surface area contributed by atoms with E-state index in [1.54, 1.807) is 24.3 Å². The fraction of sp³-hybridized carbons (Fsp3) is 0.391. The Kier molecular flexibility index (Phi) is 7.94. The summed E-state index contributed by atoms with van der Waals surface area (Å²) >= 11 is 5.85. The van der Waals surface area contributed by atoms with Crippen LogP contribution in [-0.4, -0.2) is 25.0 Å². The first-order chi connectivity index (χ1) is 14.1. The molecule has 0 heterocycles. The molecular weight excluding hydrogens is 386 g/mol. The number of amides is 3. The summed E-state index contributed by atoms with van der Waals surface area (Å²) in [5.41, 5.74) is 1.61. The van der Waals surface area contributed by atoms with Crippen LogP contribution in [0.3, 0.4) is 0 Å². The molecule has 1 saturated carbocycles. The van der Waals surface area contributed by atoms with Crippen LogP contribution in [0.15, 0.2) is 54.6 Å². The van der Waals surface area contributed by atoms with E-state index in [2.05, 4.69) is 10.6 Å². The summed E-state index contributed by atoms with van der Waals surface area (Å²) in [6, 6.07) is 16.5. The van der Waals surface area contributed by atoms with Gasteiger partial charge >= 0.3 is 6.03 Å². The van der Waals surface area contributed by atoms with E-state index in [0.29, 0.717) is 30.2 Å². The Bertz CT molecular complexity index is 790. The molecule has 1 aliphatic rings. The lowest BCUT2D eigenvalue weighted by molar-refractivity contribution is -0.123. The minimum absolute atomic E-state index is 0.116. The second-order valence-electron chi connectivity index (χ2n) is 7.40. The van der Waals surface area contributed by atoms with E-state index in [9.17, 15) is 9.59 Å². The van der Waals surface area contributed by atoms with Gasteiger partial charge in [0.1, 0.15) is 0 Å². The number of carbonyl (C=O) groups is 2. The van der Waals surface area contributed by atoms with Crippen LogP contribution < -0.4 is 15.5 Å². The van der Waals surface area contributed by atoms with Crippen molar-refractivity contribution in [2.45, 2.75) is 38.5 Å². The zero-order chi connectivity index (χ0) is 20.5. The molecule has 2 aromatic rings. The SMILES string of the molecule is O=C(NCCCN(C(=O)C1CCCCC1)c1ccccc1)Nc1ccc(Cl)cc1.